The first kappa shape index (κ1) is 13.5. The summed E-state index contributed by atoms with van der Waals surface area (Å²) in [5.74, 6) is -0.932. The zero-order valence-electron chi connectivity index (χ0n) is 9.88. The number of halogens is 2. The zero-order chi connectivity index (χ0) is 13.2. The van der Waals surface area contributed by atoms with Gasteiger partial charge in [0.1, 0.15) is 5.82 Å². The monoisotopic (exact) mass is 315 g/mol. The third-order valence-corrected chi connectivity index (χ3v) is 3.89. The summed E-state index contributed by atoms with van der Waals surface area (Å²) < 4.78 is 14.2. The Hall–Kier alpha value is -0.940. The number of carbonyl (C=O) groups is 1. The average Bonchev–Trinajstić information content (AvgIpc) is 3.07. The van der Waals surface area contributed by atoms with Crippen LogP contribution in [0.4, 0.5) is 4.39 Å². The summed E-state index contributed by atoms with van der Waals surface area (Å²) in [4.78, 5) is 11.8. The Morgan fingerprint density at radius 2 is 2.22 bits per heavy atom. The molecule has 2 rings (SSSR count). The minimum Gasteiger partial charge on any atom is -0.396 e. The SMILES string of the molecule is O=C(NCC1(CCO)CC1)c1ccc(Br)cc1F. The topological polar surface area (TPSA) is 49.3 Å². The summed E-state index contributed by atoms with van der Waals surface area (Å²) in [6.07, 6.45) is 2.71. The number of amides is 1. The van der Waals surface area contributed by atoms with Crippen molar-refractivity contribution >= 4 is 21.8 Å². The second-order valence-corrected chi connectivity index (χ2v) is 5.70. The van der Waals surface area contributed by atoms with Crippen LogP contribution in [-0.2, 0) is 0 Å². The molecule has 0 aliphatic heterocycles. The highest BCUT2D eigenvalue weighted by molar-refractivity contribution is 9.10. The molecule has 0 atom stereocenters. The highest BCUT2D eigenvalue weighted by Crippen LogP contribution is 2.47. The van der Waals surface area contributed by atoms with Crippen LogP contribution < -0.4 is 5.32 Å². The van der Waals surface area contributed by atoms with E-state index in [2.05, 4.69) is 21.2 Å². The van der Waals surface area contributed by atoms with Gasteiger partial charge in [-0.05, 0) is 42.9 Å². The van der Waals surface area contributed by atoms with Gasteiger partial charge < -0.3 is 10.4 Å². The van der Waals surface area contributed by atoms with E-state index < -0.39 is 11.7 Å². The lowest BCUT2D eigenvalue weighted by molar-refractivity contribution is 0.0936. The van der Waals surface area contributed by atoms with Crippen LogP contribution in [-0.4, -0.2) is 24.2 Å². The normalized spacial score (nSPS) is 16.4. The van der Waals surface area contributed by atoms with Crippen molar-refractivity contribution < 1.29 is 14.3 Å². The van der Waals surface area contributed by atoms with Crippen LogP contribution >= 0.6 is 15.9 Å². The molecule has 0 heterocycles. The maximum absolute atomic E-state index is 13.6. The van der Waals surface area contributed by atoms with Crippen molar-refractivity contribution in [3.05, 3.63) is 34.1 Å². The van der Waals surface area contributed by atoms with Gasteiger partial charge in [0.2, 0.25) is 0 Å². The molecule has 1 aliphatic carbocycles. The summed E-state index contributed by atoms with van der Waals surface area (Å²) in [6.45, 7) is 0.629. The Labute approximate surface area is 114 Å². The van der Waals surface area contributed by atoms with E-state index in [1.807, 2.05) is 0 Å². The molecule has 1 aromatic carbocycles. The number of aliphatic hydroxyl groups is 1. The van der Waals surface area contributed by atoms with Crippen LogP contribution in [0.15, 0.2) is 22.7 Å². The Morgan fingerprint density at radius 3 is 2.78 bits per heavy atom. The van der Waals surface area contributed by atoms with Gasteiger partial charge in [-0.3, -0.25) is 4.79 Å². The summed E-state index contributed by atoms with van der Waals surface area (Å²) >= 11 is 3.15. The molecule has 0 radical (unpaired) electrons. The fourth-order valence-electron chi connectivity index (χ4n) is 1.97. The van der Waals surface area contributed by atoms with Gasteiger partial charge in [0.05, 0.1) is 5.56 Å². The lowest BCUT2D eigenvalue weighted by Crippen LogP contribution is -2.31. The van der Waals surface area contributed by atoms with E-state index in [1.165, 1.54) is 12.1 Å². The smallest absolute Gasteiger partial charge is 0.254 e. The molecular weight excluding hydrogens is 301 g/mol. The molecule has 5 heteroatoms. The van der Waals surface area contributed by atoms with Gasteiger partial charge in [-0.1, -0.05) is 15.9 Å². The summed E-state index contributed by atoms with van der Waals surface area (Å²) in [7, 11) is 0. The van der Waals surface area contributed by atoms with Gasteiger partial charge in [-0.2, -0.15) is 0 Å². The van der Waals surface area contributed by atoms with Crippen molar-refractivity contribution in [2.75, 3.05) is 13.2 Å². The standard InChI is InChI=1S/C13H15BrFNO2/c14-9-1-2-10(11(15)7-9)12(18)16-8-13(3-4-13)5-6-17/h1-2,7,17H,3-6,8H2,(H,16,18). The van der Waals surface area contributed by atoms with Crippen LogP contribution in [0, 0.1) is 11.2 Å². The molecule has 98 valence electrons. The molecule has 1 aliphatic rings. The van der Waals surface area contributed by atoms with Gasteiger partial charge in [0.25, 0.3) is 5.91 Å². The molecule has 0 bridgehead atoms. The molecule has 3 nitrogen and oxygen atoms in total. The lowest BCUT2D eigenvalue weighted by atomic mass is 10.0. The van der Waals surface area contributed by atoms with Crippen LogP contribution in [0.2, 0.25) is 0 Å². The van der Waals surface area contributed by atoms with Gasteiger partial charge in [-0.25, -0.2) is 4.39 Å². The largest absolute Gasteiger partial charge is 0.396 e. The van der Waals surface area contributed by atoms with Crippen molar-refractivity contribution in [1.29, 1.82) is 0 Å². The molecule has 1 fully saturated rings. The third-order valence-electron chi connectivity index (χ3n) is 3.40. The quantitative estimate of drug-likeness (QED) is 0.877. The number of aliphatic hydroxyl groups excluding tert-OH is 1. The van der Waals surface area contributed by atoms with Gasteiger partial charge in [0, 0.05) is 17.6 Å². The third kappa shape index (κ3) is 3.09. The first-order valence-corrected chi connectivity index (χ1v) is 6.70. The summed E-state index contributed by atoms with van der Waals surface area (Å²) in [5, 5.41) is 11.7. The Morgan fingerprint density at radius 1 is 1.50 bits per heavy atom. The highest BCUT2D eigenvalue weighted by Gasteiger charge is 2.41. The lowest BCUT2D eigenvalue weighted by Gasteiger charge is -2.14. The van der Waals surface area contributed by atoms with E-state index in [-0.39, 0.29) is 17.6 Å². The molecule has 18 heavy (non-hydrogen) atoms. The molecule has 2 N–H and O–H groups in total. The average molecular weight is 316 g/mol. The summed E-state index contributed by atoms with van der Waals surface area (Å²) in [6, 6.07) is 4.37. The molecule has 0 aromatic heterocycles. The first-order chi connectivity index (χ1) is 8.56. The number of carbonyl (C=O) groups excluding carboxylic acids is 1. The first-order valence-electron chi connectivity index (χ1n) is 5.90. The number of benzene rings is 1. The number of nitrogens with one attached hydrogen (secondary N) is 1. The molecule has 0 saturated heterocycles. The molecular formula is C13H15BrFNO2. The Balaban J connectivity index is 1.96. The predicted molar refractivity (Wildman–Crippen MR) is 69.8 cm³/mol. The predicted octanol–water partition coefficient (Wildman–Crippen LogP) is 2.48. The molecule has 1 saturated carbocycles. The van der Waals surface area contributed by atoms with Crippen LogP contribution in [0.5, 0.6) is 0 Å². The Kier molecular flexibility index (Phi) is 4.02. The minimum atomic E-state index is -0.533. The van der Waals surface area contributed by atoms with E-state index in [1.54, 1.807) is 6.07 Å². The zero-order valence-corrected chi connectivity index (χ0v) is 11.5. The second kappa shape index (κ2) is 5.36. The minimum absolute atomic E-state index is 0.0379. The Bertz CT molecular complexity index is 460. The summed E-state index contributed by atoms with van der Waals surface area (Å²) in [5.41, 5.74) is 0.0916. The van der Waals surface area contributed by atoms with Crippen LogP contribution in [0.1, 0.15) is 29.6 Å². The van der Waals surface area contributed by atoms with Crippen molar-refractivity contribution in [2.24, 2.45) is 5.41 Å². The fourth-order valence-corrected chi connectivity index (χ4v) is 2.30. The van der Waals surface area contributed by atoms with Gasteiger partial charge in [-0.15, -0.1) is 0 Å². The van der Waals surface area contributed by atoms with E-state index >= 15 is 0 Å². The van der Waals surface area contributed by atoms with E-state index in [0.29, 0.717) is 17.4 Å². The van der Waals surface area contributed by atoms with Crippen molar-refractivity contribution in [3.8, 4) is 0 Å². The number of hydrogen-bond donors (Lipinski definition) is 2. The highest BCUT2D eigenvalue weighted by atomic mass is 79.9. The maximum atomic E-state index is 13.6. The fraction of sp³-hybridized carbons (Fsp3) is 0.462. The van der Waals surface area contributed by atoms with Gasteiger partial charge >= 0.3 is 0 Å². The van der Waals surface area contributed by atoms with Gasteiger partial charge in [0.15, 0.2) is 0 Å². The molecule has 0 spiro atoms. The molecule has 0 unspecified atom stereocenters. The molecule has 1 amide bonds. The van der Waals surface area contributed by atoms with Crippen LogP contribution in [0.25, 0.3) is 0 Å². The van der Waals surface area contributed by atoms with Crippen molar-refractivity contribution in [1.82, 2.24) is 5.32 Å². The van der Waals surface area contributed by atoms with Crippen molar-refractivity contribution in [3.63, 3.8) is 0 Å². The number of hydrogen-bond acceptors (Lipinski definition) is 2. The van der Waals surface area contributed by atoms with Crippen LogP contribution in [0.3, 0.4) is 0 Å². The van der Waals surface area contributed by atoms with E-state index in [4.69, 9.17) is 5.11 Å². The van der Waals surface area contributed by atoms with E-state index in [0.717, 1.165) is 12.8 Å². The molecule has 1 aromatic rings. The van der Waals surface area contributed by atoms with Crippen molar-refractivity contribution in [2.45, 2.75) is 19.3 Å². The second-order valence-electron chi connectivity index (χ2n) is 4.78. The van der Waals surface area contributed by atoms with E-state index in [9.17, 15) is 9.18 Å². The number of rotatable bonds is 5. The maximum Gasteiger partial charge on any atom is 0.254 e.